The first-order valence-corrected chi connectivity index (χ1v) is 17.0. The van der Waals surface area contributed by atoms with Crippen molar-refractivity contribution in [2.45, 2.75) is 68.4 Å². The van der Waals surface area contributed by atoms with Gasteiger partial charge in [0, 0.05) is 58.5 Å². The molecular weight excluding hydrogens is 730 g/mol. The van der Waals surface area contributed by atoms with E-state index in [1.54, 1.807) is 18.2 Å². The third-order valence-corrected chi connectivity index (χ3v) is 9.99. The molecule has 0 radical (unpaired) electrons. The first-order valence-electron chi connectivity index (χ1n) is 16.3. The van der Waals surface area contributed by atoms with Gasteiger partial charge < -0.3 is 11.1 Å². The number of amides is 1. The molecule has 9 nitrogen and oxygen atoms in total. The van der Waals surface area contributed by atoms with E-state index in [2.05, 4.69) is 19.9 Å². The Kier molecular flexibility index (Phi) is 12.0. The Morgan fingerprint density at radius 1 is 0.712 bits per heavy atom. The quantitative estimate of drug-likeness (QED) is 0.125. The van der Waals surface area contributed by atoms with Gasteiger partial charge in [-0.05, 0) is 73.2 Å². The van der Waals surface area contributed by atoms with Crippen LogP contribution in [0.2, 0.25) is 10.0 Å². The molecule has 0 bridgehead atoms. The Labute approximate surface area is 305 Å². The van der Waals surface area contributed by atoms with Gasteiger partial charge in [-0.15, -0.1) is 0 Å². The summed E-state index contributed by atoms with van der Waals surface area (Å²) in [5, 5.41) is 2.45. The zero-order valence-corrected chi connectivity index (χ0v) is 29.1. The van der Waals surface area contributed by atoms with Gasteiger partial charge in [-0.3, -0.25) is 14.4 Å². The molecule has 0 aliphatic heterocycles. The molecule has 6 rings (SSSR count). The number of nitrogens with one attached hydrogen (secondary N) is 1. The Bertz CT molecular complexity index is 1940. The van der Waals surface area contributed by atoms with Crippen LogP contribution in [0.15, 0.2) is 61.2 Å². The van der Waals surface area contributed by atoms with Crippen molar-refractivity contribution < 1.29 is 36.3 Å². The molecule has 0 saturated heterocycles. The number of benzene rings is 2. The van der Waals surface area contributed by atoms with Crippen LogP contribution in [0.4, 0.5) is 22.0 Å². The van der Waals surface area contributed by atoms with Gasteiger partial charge in [0.1, 0.15) is 23.3 Å². The van der Waals surface area contributed by atoms with E-state index in [9.17, 15) is 36.3 Å². The summed E-state index contributed by atoms with van der Waals surface area (Å²) in [6.45, 7) is -0.890. The lowest BCUT2D eigenvalue weighted by molar-refractivity contribution is -0.173. The minimum atomic E-state index is -5.06. The number of Topliss-reactive ketones (excluding diaryl/α,β-unsaturated/α-hetero) is 2. The number of nitrogens with zero attached hydrogens (tertiary/aromatic N) is 4. The highest BCUT2D eigenvalue weighted by molar-refractivity contribution is 6.31. The number of halogens is 7. The molecule has 2 fully saturated rings. The van der Waals surface area contributed by atoms with Crippen LogP contribution in [0.25, 0.3) is 0 Å². The molecule has 2 aliphatic carbocycles. The van der Waals surface area contributed by atoms with Gasteiger partial charge in [0.2, 0.25) is 0 Å². The maximum Gasteiger partial charge on any atom is 0.471 e. The molecule has 2 heterocycles. The molecule has 2 aromatic carbocycles. The number of carbonyl (C=O) groups is 3. The third-order valence-electron chi connectivity index (χ3n) is 9.52. The molecular formula is C36H33Cl2F5N6O3. The van der Waals surface area contributed by atoms with E-state index in [1.165, 1.54) is 48.3 Å². The number of hydrogen-bond acceptors (Lipinski definition) is 8. The molecule has 4 aromatic rings. The molecule has 2 aliphatic rings. The van der Waals surface area contributed by atoms with Crippen molar-refractivity contribution in [3.8, 4) is 0 Å². The summed E-state index contributed by atoms with van der Waals surface area (Å²) < 4.78 is 65.1. The SMILES string of the molecule is NCC(=O)c1cnc(CC2(c3cc(Cl)ccc3F)CCC2)nc1.O=C(CNC(=O)C(F)(F)F)c1cnc(CC2(c3cc(Cl)ccc3F)CCC2)nc1. The van der Waals surface area contributed by atoms with Crippen LogP contribution >= 0.6 is 23.2 Å². The Morgan fingerprint density at radius 3 is 1.46 bits per heavy atom. The molecule has 0 spiro atoms. The Balaban J connectivity index is 0.000000206. The van der Waals surface area contributed by atoms with Crippen LogP contribution < -0.4 is 11.1 Å². The van der Waals surface area contributed by atoms with E-state index in [0.717, 1.165) is 38.5 Å². The molecule has 0 unspecified atom stereocenters. The fourth-order valence-corrected chi connectivity index (χ4v) is 6.71. The van der Waals surface area contributed by atoms with Crippen molar-refractivity contribution in [3.63, 3.8) is 0 Å². The molecule has 2 saturated carbocycles. The van der Waals surface area contributed by atoms with E-state index in [1.807, 2.05) is 0 Å². The molecule has 0 atom stereocenters. The van der Waals surface area contributed by atoms with Gasteiger partial charge in [-0.25, -0.2) is 28.7 Å². The van der Waals surface area contributed by atoms with Gasteiger partial charge in [-0.2, -0.15) is 13.2 Å². The van der Waals surface area contributed by atoms with Gasteiger partial charge in [0.15, 0.2) is 11.6 Å². The number of rotatable bonds is 11. The number of aromatic nitrogens is 4. The van der Waals surface area contributed by atoms with Crippen LogP contribution in [0.5, 0.6) is 0 Å². The Morgan fingerprint density at radius 2 is 1.12 bits per heavy atom. The lowest BCUT2D eigenvalue weighted by atomic mass is 9.62. The van der Waals surface area contributed by atoms with Crippen molar-refractivity contribution in [2.75, 3.05) is 13.1 Å². The summed E-state index contributed by atoms with van der Waals surface area (Å²) in [4.78, 5) is 50.9. The average molecular weight is 764 g/mol. The number of nitrogens with two attached hydrogens (primary N) is 1. The first kappa shape index (κ1) is 38.8. The van der Waals surface area contributed by atoms with Gasteiger partial charge in [0.05, 0.1) is 24.2 Å². The number of alkyl halides is 3. The third kappa shape index (κ3) is 8.96. The van der Waals surface area contributed by atoms with Crippen LogP contribution in [0, 0.1) is 11.6 Å². The fraction of sp³-hybridized carbons (Fsp3) is 0.361. The fourth-order valence-electron chi connectivity index (χ4n) is 6.36. The molecule has 2 aromatic heterocycles. The highest BCUT2D eigenvalue weighted by Crippen LogP contribution is 2.48. The van der Waals surface area contributed by atoms with Crippen molar-refractivity contribution >= 4 is 40.7 Å². The summed E-state index contributed by atoms with van der Waals surface area (Å²) in [7, 11) is 0. The summed E-state index contributed by atoms with van der Waals surface area (Å²) in [5.74, 6) is -2.79. The summed E-state index contributed by atoms with van der Waals surface area (Å²) in [6, 6.07) is 9.04. The lowest BCUT2D eigenvalue weighted by Gasteiger charge is -2.42. The largest absolute Gasteiger partial charge is 0.471 e. The van der Waals surface area contributed by atoms with Crippen molar-refractivity contribution in [3.05, 3.63) is 117 Å². The van der Waals surface area contributed by atoms with Gasteiger partial charge >= 0.3 is 12.1 Å². The van der Waals surface area contributed by atoms with E-state index < -0.39 is 29.8 Å². The van der Waals surface area contributed by atoms with Crippen LogP contribution in [-0.4, -0.2) is 56.7 Å². The second kappa shape index (κ2) is 16.1. The van der Waals surface area contributed by atoms with E-state index in [0.29, 0.717) is 51.2 Å². The monoisotopic (exact) mass is 762 g/mol. The average Bonchev–Trinajstić information content (AvgIpc) is 3.09. The highest BCUT2D eigenvalue weighted by Gasteiger charge is 2.43. The van der Waals surface area contributed by atoms with Crippen LogP contribution in [-0.2, 0) is 28.5 Å². The smallest absolute Gasteiger partial charge is 0.341 e. The first-order chi connectivity index (χ1) is 24.6. The predicted molar refractivity (Wildman–Crippen MR) is 182 cm³/mol. The van der Waals surface area contributed by atoms with E-state index in [-0.39, 0.29) is 34.9 Å². The molecule has 16 heteroatoms. The summed E-state index contributed by atoms with van der Waals surface area (Å²) in [6.07, 6.45) is 6.31. The zero-order valence-electron chi connectivity index (χ0n) is 27.6. The molecule has 1 amide bonds. The number of hydrogen-bond donors (Lipinski definition) is 2. The topological polar surface area (TPSA) is 141 Å². The van der Waals surface area contributed by atoms with Crippen LogP contribution in [0.1, 0.15) is 82.0 Å². The van der Waals surface area contributed by atoms with E-state index >= 15 is 0 Å². The molecule has 3 N–H and O–H groups in total. The summed E-state index contributed by atoms with van der Waals surface area (Å²) >= 11 is 12.0. The maximum atomic E-state index is 14.3. The normalized spacial score (nSPS) is 15.7. The second-order valence-corrected chi connectivity index (χ2v) is 13.7. The van der Waals surface area contributed by atoms with Gasteiger partial charge in [-0.1, -0.05) is 36.0 Å². The summed E-state index contributed by atoms with van der Waals surface area (Å²) in [5.41, 5.74) is 6.01. The molecule has 274 valence electrons. The number of ketones is 2. The lowest BCUT2D eigenvalue weighted by Crippen LogP contribution is -2.39. The zero-order chi connectivity index (χ0) is 37.7. The van der Waals surface area contributed by atoms with Crippen molar-refractivity contribution in [2.24, 2.45) is 5.73 Å². The van der Waals surface area contributed by atoms with Crippen molar-refractivity contribution in [1.29, 1.82) is 0 Å². The number of carbonyl (C=O) groups excluding carboxylic acids is 3. The van der Waals surface area contributed by atoms with E-state index in [4.69, 9.17) is 28.9 Å². The maximum absolute atomic E-state index is 14.3. The molecule has 52 heavy (non-hydrogen) atoms. The standard InChI is InChI=1S/C19H16ClF4N3O2.C17H17ClFN3O/c20-12-2-3-14(21)13(6-12)18(4-1-5-18)7-16-25-8-11(9-26-16)15(28)10-27-17(29)19(22,23)24;18-12-2-3-14(19)13(6-12)17(4-1-5-17)7-16-21-9-11(10-22-16)15(23)8-20/h2-3,6,8-9H,1,4-5,7,10H2,(H,27,29);2-3,6,9-10H,1,4-5,7-8,20H2. The predicted octanol–water partition coefficient (Wildman–Crippen LogP) is 6.87. The van der Waals surface area contributed by atoms with Gasteiger partial charge in [0.25, 0.3) is 0 Å². The highest BCUT2D eigenvalue weighted by atomic mass is 35.5. The minimum Gasteiger partial charge on any atom is -0.341 e. The second-order valence-electron chi connectivity index (χ2n) is 12.9. The Hall–Kier alpha value is -4.40. The van der Waals surface area contributed by atoms with Crippen LogP contribution in [0.3, 0.4) is 0 Å². The minimum absolute atomic E-state index is 0.0344. The van der Waals surface area contributed by atoms with Crippen molar-refractivity contribution in [1.82, 2.24) is 25.3 Å².